The van der Waals surface area contributed by atoms with Gasteiger partial charge in [0.1, 0.15) is 5.65 Å². The molecule has 0 aliphatic heterocycles. The monoisotopic (exact) mass is 302 g/mol. The van der Waals surface area contributed by atoms with Gasteiger partial charge in [-0.3, -0.25) is 4.48 Å². The minimum atomic E-state index is 0.796. The summed E-state index contributed by atoms with van der Waals surface area (Å²) in [5.41, 5.74) is 2.18. The van der Waals surface area contributed by atoms with Gasteiger partial charge in [0.15, 0.2) is 5.69 Å². The fourth-order valence-corrected chi connectivity index (χ4v) is 1.89. The second kappa shape index (κ2) is 3.20. The summed E-state index contributed by atoms with van der Waals surface area (Å²) in [6, 6.07) is 2.20. The van der Waals surface area contributed by atoms with Gasteiger partial charge < -0.3 is 4.98 Å². The summed E-state index contributed by atoms with van der Waals surface area (Å²) >= 11 is 2.32. The van der Waals surface area contributed by atoms with E-state index >= 15 is 0 Å². The summed E-state index contributed by atoms with van der Waals surface area (Å²) in [6.07, 6.45) is 3.91. The normalized spacial score (nSPS) is 12.3. The first-order valence-electron chi connectivity index (χ1n) is 4.43. The Balaban J connectivity index is 2.66. The van der Waals surface area contributed by atoms with E-state index in [2.05, 4.69) is 59.8 Å². The van der Waals surface area contributed by atoms with Crippen LogP contribution in [0.4, 0.5) is 5.69 Å². The quantitative estimate of drug-likeness (QED) is 0.636. The summed E-state index contributed by atoms with van der Waals surface area (Å²) in [4.78, 5) is 7.53. The van der Waals surface area contributed by atoms with Crippen LogP contribution in [0.3, 0.4) is 0 Å². The minimum Gasteiger partial charge on any atom is -0.345 e. The zero-order valence-electron chi connectivity index (χ0n) is 8.50. The lowest BCUT2D eigenvalue weighted by molar-refractivity contribution is 0.485. The molecule has 0 amide bonds. The number of aromatic amines is 1. The van der Waals surface area contributed by atoms with Crippen molar-refractivity contribution >= 4 is 39.3 Å². The molecule has 0 radical (unpaired) electrons. The van der Waals surface area contributed by atoms with Crippen LogP contribution in [0.5, 0.6) is 0 Å². The van der Waals surface area contributed by atoms with Crippen LogP contribution in [-0.4, -0.2) is 31.1 Å². The van der Waals surface area contributed by atoms with Crippen LogP contribution in [-0.2, 0) is 0 Å². The molecule has 0 saturated heterocycles. The molecule has 0 atom stereocenters. The van der Waals surface area contributed by atoms with Gasteiger partial charge >= 0.3 is 0 Å². The Kier molecular flexibility index (Phi) is 2.27. The third-order valence-electron chi connectivity index (χ3n) is 2.24. The second-order valence-electron chi connectivity index (χ2n) is 4.24. The largest absolute Gasteiger partial charge is 0.345 e. The van der Waals surface area contributed by atoms with E-state index < -0.39 is 0 Å². The van der Waals surface area contributed by atoms with Gasteiger partial charge in [-0.25, -0.2) is 4.98 Å². The SMILES string of the molecule is C[N+](C)(C)c1cnc2[nH]cc(I)c2c1. The van der Waals surface area contributed by atoms with Crippen molar-refractivity contribution in [2.24, 2.45) is 0 Å². The minimum absolute atomic E-state index is 0.796. The highest BCUT2D eigenvalue weighted by Gasteiger charge is 2.14. The van der Waals surface area contributed by atoms with Crippen molar-refractivity contribution in [3.8, 4) is 0 Å². The van der Waals surface area contributed by atoms with Gasteiger partial charge in [0.25, 0.3) is 0 Å². The number of hydrogen-bond acceptors (Lipinski definition) is 1. The van der Waals surface area contributed by atoms with Crippen molar-refractivity contribution in [1.82, 2.24) is 14.5 Å². The molecule has 1 N–H and O–H groups in total. The standard InChI is InChI=1S/C10H13IN3/c1-14(2,3)7-4-8-9(11)6-13-10(8)12-5-7/h4-6H,1-3H3,(H,12,13)/q+1. The smallest absolute Gasteiger partial charge is 0.151 e. The van der Waals surface area contributed by atoms with E-state index in [1.165, 1.54) is 14.6 Å². The van der Waals surface area contributed by atoms with Crippen molar-refractivity contribution in [3.63, 3.8) is 0 Å². The maximum Gasteiger partial charge on any atom is 0.151 e. The molecule has 0 fully saturated rings. The predicted octanol–water partition coefficient (Wildman–Crippen LogP) is 2.36. The Morgan fingerprint density at radius 1 is 1.36 bits per heavy atom. The van der Waals surface area contributed by atoms with E-state index in [1.54, 1.807) is 0 Å². The first kappa shape index (κ1) is 9.92. The molecule has 0 unspecified atom stereocenters. The van der Waals surface area contributed by atoms with Crippen molar-refractivity contribution in [1.29, 1.82) is 0 Å². The van der Waals surface area contributed by atoms with E-state index in [9.17, 15) is 0 Å². The summed E-state index contributed by atoms with van der Waals surface area (Å²) in [6.45, 7) is 0. The van der Waals surface area contributed by atoms with Crippen LogP contribution < -0.4 is 4.48 Å². The molecule has 2 rings (SSSR count). The van der Waals surface area contributed by atoms with Crippen molar-refractivity contribution in [3.05, 3.63) is 22.0 Å². The summed E-state index contributed by atoms with van der Waals surface area (Å²) < 4.78 is 2.02. The lowest BCUT2D eigenvalue weighted by atomic mass is 10.3. The van der Waals surface area contributed by atoms with Crippen LogP contribution >= 0.6 is 22.6 Å². The average molecular weight is 302 g/mol. The van der Waals surface area contributed by atoms with Gasteiger partial charge in [0, 0.05) is 21.2 Å². The second-order valence-corrected chi connectivity index (χ2v) is 5.40. The van der Waals surface area contributed by atoms with E-state index in [4.69, 9.17) is 0 Å². The third-order valence-corrected chi connectivity index (χ3v) is 3.13. The topological polar surface area (TPSA) is 28.7 Å². The molecule has 0 saturated carbocycles. The van der Waals surface area contributed by atoms with Gasteiger partial charge in [-0.2, -0.15) is 0 Å². The number of fused-ring (bicyclic) bond motifs is 1. The van der Waals surface area contributed by atoms with Crippen LogP contribution in [0.1, 0.15) is 0 Å². The molecule has 0 spiro atoms. The maximum atomic E-state index is 4.39. The molecule has 2 heterocycles. The van der Waals surface area contributed by atoms with Gasteiger partial charge in [-0.05, 0) is 22.6 Å². The van der Waals surface area contributed by atoms with E-state index in [1.807, 2.05) is 12.4 Å². The zero-order valence-corrected chi connectivity index (χ0v) is 10.7. The highest BCUT2D eigenvalue weighted by Crippen LogP contribution is 2.24. The number of aromatic nitrogens is 2. The number of rotatable bonds is 1. The highest BCUT2D eigenvalue weighted by atomic mass is 127. The van der Waals surface area contributed by atoms with Gasteiger partial charge in [-0.1, -0.05) is 0 Å². The number of nitrogens with zero attached hydrogens (tertiary/aromatic N) is 2. The van der Waals surface area contributed by atoms with E-state index in [0.29, 0.717) is 0 Å². The zero-order chi connectivity index (χ0) is 10.3. The molecule has 0 aliphatic rings. The number of pyridine rings is 1. The van der Waals surface area contributed by atoms with Gasteiger partial charge in [0.2, 0.25) is 0 Å². The first-order chi connectivity index (χ1) is 6.48. The molecule has 3 nitrogen and oxygen atoms in total. The number of hydrogen-bond donors (Lipinski definition) is 1. The lowest BCUT2D eigenvalue weighted by Crippen LogP contribution is -2.34. The summed E-state index contributed by atoms with van der Waals surface area (Å²) in [5, 5.41) is 1.20. The molecule has 2 aromatic rings. The van der Waals surface area contributed by atoms with Gasteiger partial charge in [0.05, 0.1) is 27.3 Å². The fourth-order valence-electron chi connectivity index (χ4n) is 1.33. The molecule has 0 aromatic carbocycles. The molecule has 0 aliphatic carbocycles. The Hall–Kier alpha value is -0.620. The van der Waals surface area contributed by atoms with Crippen LogP contribution in [0, 0.1) is 3.57 Å². The molecule has 0 bridgehead atoms. The lowest BCUT2D eigenvalue weighted by Gasteiger charge is -2.22. The molecule has 14 heavy (non-hydrogen) atoms. The molecule has 2 aromatic heterocycles. The average Bonchev–Trinajstić information content (AvgIpc) is 2.46. The molecular weight excluding hydrogens is 289 g/mol. The van der Waals surface area contributed by atoms with Gasteiger partial charge in [-0.15, -0.1) is 0 Å². The van der Waals surface area contributed by atoms with Crippen molar-refractivity contribution in [2.45, 2.75) is 0 Å². The Bertz CT molecular complexity index is 468. The van der Waals surface area contributed by atoms with Crippen molar-refractivity contribution < 1.29 is 0 Å². The predicted molar refractivity (Wildman–Crippen MR) is 68.4 cm³/mol. The van der Waals surface area contributed by atoms with Crippen LogP contribution in [0.15, 0.2) is 18.5 Å². The van der Waals surface area contributed by atoms with E-state index in [-0.39, 0.29) is 0 Å². The molecule has 4 heteroatoms. The Morgan fingerprint density at radius 2 is 2.07 bits per heavy atom. The van der Waals surface area contributed by atoms with Crippen LogP contribution in [0.25, 0.3) is 11.0 Å². The maximum absolute atomic E-state index is 4.39. The molecule has 74 valence electrons. The van der Waals surface area contributed by atoms with Crippen LogP contribution in [0.2, 0.25) is 0 Å². The summed E-state index contributed by atoms with van der Waals surface area (Å²) in [5.74, 6) is 0. The molecular formula is C10H13IN3+. The number of H-pyrrole nitrogens is 1. The number of quaternary nitrogens is 1. The Morgan fingerprint density at radius 3 is 2.71 bits per heavy atom. The highest BCUT2D eigenvalue weighted by molar-refractivity contribution is 14.1. The summed E-state index contributed by atoms with van der Waals surface area (Å²) in [7, 11) is 6.42. The third kappa shape index (κ3) is 1.64. The Labute approximate surface area is 96.9 Å². The number of nitrogens with one attached hydrogen (secondary N) is 1. The first-order valence-corrected chi connectivity index (χ1v) is 5.51. The van der Waals surface area contributed by atoms with E-state index in [0.717, 1.165) is 10.1 Å². The van der Waals surface area contributed by atoms with Crippen molar-refractivity contribution in [2.75, 3.05) is 21.1 Å². The fraction of sp³-hybridized carbons (Fsp3) is 0.300. The number of halogens is 1.